The number of thioether (sulfide) groups is 1. The topological polar surface area (TPSA) is 50.1 Å². The summed E-state index contributed by atoms with van der Waals surface area (Å²) < 4.78 is 5.55. The van der Waals surface area contributed by atoms with Crippen LogP contribution in [0.3, 0.4) is 0 Å². The van der Waals surface area contributed by atoms with Crippen molar-refractivity contribution in [2.75, 3.05) is 5.75 Å². The predicted molar refractivity (Wildman–Crippen MR) is 87.3 cm³/mol. The zero-order chi connectivity index (χ0) is 15.6. The minimum atomic E-state index is -0.357. The van der Waals surface area contributed by atoms with E-state index in [1.807, 2.05) is 60.7 Å². The second-order valence-corrected chi connectivity index (χ2v) is 5.74. The molecule has 3 nitrogen and oxygen atoms in total. The molecule has 0 saturated carbocycles. The Kier molecular flexibility index (Phi) is 6.53. The van der Waals surface area contributed by atoms with E-state index in [0.29, 0.717) is 12.8 Å². The van der Waals surface area contributed by atoms with Gasteiger partial charge in [0.25, 0.3) is 0 Å². The second kappa shape index (κ2) is 8.91. The first kappa shape index (κ1) is 16.1. The van der Waals surface area contributed by atoms with Gasteiger partial charge in [-0.25, -0.2) is 0 Å². The van der Waals surface area contributed by atoms with Gasteiger partial charge in [0.2, 0.25) is 0 Å². The summed E-state index contributed by atoms with van der Waals surface area (Å²) in [6.45, 7) is 0. The molecule has 0 heterocycles. The van der Waals surface area contributed by atoms with Crippen LogP contribution in [0.25, 0.3) is 0 Å². The van der Waals surface area contributed by atoms with Gasteiger partial charge in [0.05, 0.1) is 11.8 Å². The number of benzene rings is 2. The summed E-state index contributed by atoms with van der Waals surface area (Å²) in [6, 6.07) is 21.4. The monoisotopic (exact) mass is 311 g/mol. The van der Waals surface area contributed by atoms with Gasteiger partial charge in [-0.3, -0.25) is 4.79 Å². The van der Waals surface area contributed by atoms with Crippen molar-refractivity contribution in [1.29, 1.82) is 5.26 Å². The Balaban J connectivity index is 1.92. The summed E-state index contributed by atoms with van der Waals surface area (Å²) in [5, 5.41) is 8.75. The Bertz CT molecular complexity index is 623. The Morgan fingerprint density at radius 2 is 1.73 bits per heavy atom. The number of nitrogens with zero attached hydrogens (tertiary/aromatic N) is 1. The van der Waals surface area contributed by atoms with Crippen LogP contribution in [0.4, 0.5) is 0 Å². The molecule has 0 bridgehead atoms. The number of ether oxygens (including phenoxy) is 1. The molecule has 0 aromatic heterocycles. The van der Waals surface area contributed by atoms with Crippen LogP contribution in [0, 0.1) is 11.3 Å². The molecule has 0 amide bonds. The van der Waals surface area contributed by atoms with Gasteiger partial charge in [-0.2, -0.15) is 5.26 Å². The van der Waals surface area contributed by atoms with Gasteiger partial charge >= 0.3 is 5.97 Å². The number of carbonyl (C=O) groups is 1. The van der Waals surface area contributed by atoms with Crippen LogP contribution in [0.5, 0.6) is 0 Å². The summed E-state index contributed by atoms with van der Waals surface area (Å²) >= 11 is 1.45. The SMILES string of the molecule is N#CCCC(OC(=O)CSc1ccccc1)c1ccccc1. The number of hydrogen-bond acceptors (Lipinski definition) is 4. The first-order valence-corrected chi connectivity index (χ1v) is 8.07. The zero-order valence-corrected chi connectivity index (χ0v) is 13.0. The highest BCUT2D eigenvalue weighted by atomic mass is 32.2. The van der Waals surface area contributed by atoms with Gasteiger partial charge in [0, 0.05) is 17.7 Å². The normalized spacial score (nSPS) is 11.4. The van der Waals surface area contributed by atoms with Gasteiger partial charge in [-0.1, -0.05) is 48.5 Å². The maximum Gasteiger partial charge on any atom is 0.316 e. The molecule has 0 aliphatic carbocycles. The van der Waals surface area contributed by atoms with Crippen molar-refractivity contribution in [3.8, 4) is 6.07 Å². The maximum atomic E-state index is 12.0. The predicted octanol–water partition coefficient (Wildman–Crippen LogP) is 4.37. The molecule has 0 spiro atoms. The minimum Gasteiger partial charge on any atom is -0.457 e. The second-order valence-electron chi connectivity index (χ2n) is 4.69. The van der Waals surface area contributed by atoms with Crippen molar-refractivity contribution in [2.24, 2.45) is 0 Å². The van der Waals surface area contributed by atoms with E-state index in [9.17, 15) is 4.79 Å². The highest BCUT2D eigenvalue weighted by Gasteiger charge is 2.16. The van der Waals surface area contributed by atoms with E-state index < -0.39 is 0 Å². The molecule has 112 valence electrons. The quantitative estimate of drug-likeness (QED) is 0.563. The van der Waals surface area contributed by atoms with E-state index in [2.05, 4.69) is 6.07 Å². The number of hydrogen-bond donors (Lipinski definition) is 0. The molecule has 0 N–H and O–H groups in total. The minimum absolute atomic E-state index is 0.263. The number of esters is 1. The Morgan fingerprint density at radius 3 is 2.36 bits per heavy atom. The first-order chi connectivity index (χ1) is 10.8. The van der Waals surface area contributed by atoms with Gasteiger partial charge in [-0.15, -0.1) is 11.8 Å². The highest BCUT2D eigenvalue weighted by Crippen LogP contribution is 2.24. The van der Waals surface area contributed by atoms with Crippen molar-refractivity contribution < 1.29 is 9.53 Å². The third kappa shape index (κ3) is 5.27. The third-order valence-corrected chi connectivity index (χ3v) is 4.05. The lowest BCUT2D eigenvalue weighted by Crippen LogP contribution is -2.13. The molecule has 0 aliphatic heterocycles. The molecule has 1 unspecified atom stereocenters. The van der Waals surface area contributed by atoms with E-state index in [0.717, 1.165) is 10.5 Å². The Morgan fingerprint density at radius 1 is 1.09 bits per heavy atom. The molecule has 2 rings (SSSR count). The van der Waals surface area contributed by atoms with E-state index in [4.69, 9.17) is 10.00 Å². The van der Waals surface area contributed by atoms with Crippen LogP contribution in [0.1, 0.15) is 24.5 Å². The fraction of sp³-hybridized carbons (Fsp3) is 0.222. The molecule has 0 radical (unpaired) electrons. The Hall–Kier alpha value is -2.25. The number of rotatable bonds is 7. The smallest absolute Gasteiger partial charge is 0.316 e. The van der Waals surface area contributed by atoms with Crippen molar-refractivity contribution >= 4 is 17.7 Å². The lowest BCUT2D eigenvalue weighted by Gasteiger charge is -2.17. The van der Waals surface area contributed by atoms with Crippen LogP contribution in [0.15, 0.2) is 65.6 Å². The van der Waals surface area contributed by atoms with Crippen molar-refractivity contribution in [1.82, 2.24) is 0 Å². The van der Waals surface area contributed by atoms with Crippen LogP contribution in [-0.4, -0.2) is 11.7 Å². The summed E-state index contributed by atoms with van der Waals surface area (Å²) in [5.74, 6) is 0.000499. The van der Waals surface area contributed by atoms with E-state index in [1.54, 1.807) is 0 Å². The van der Waals surface area contributed by atoms with E-state index >= 15 is 0 Å². The third-order valence-electron chi connectivity index (χ3n) is 3.06. The molecule has 1 atom stereocenters. The lowest BCUT2D eigenvalue weighted by atomic mass is 10.1. The first-order valence-electron chi connectivity index (χ1n) is 7.09. The standard InChI is InChI=1S/C18H17NO2S/c19-13-7-12-17(15-8-3-1-4-9-15)21-18(20)14-22-16-10-5-2-6-11-16/h1-6,8-11,17H,7,12,14H2. The summed E-state index contributed by atoms with van der Waals surface area (Å²) in [7, 11) is 0. The molecule has 4 heteroatoms. The molecular formula is C18H17NO2S. The zero-order valence-electron chi connectivity index (χ0n) is 12.1. The van der Waals surface area contributed by atoms with Crippen molar-refractivity contribution in [3.05, 3.63) is 66.2 Å². The van der Waals surface area contributed by atoms with Crippen LogP contribution in [-0.2, 0) is 9.53 Å². The van der Waals surface area contributed by atoms with Crippen LogP contribution in [0.2, 0.25) is 0 Å². The van der Waals surface area contributed by atoms with E-state index in [-0.39, 0.29) is 17.8 Å². The lowest BCUT2D eigenvalue weighted by molar-refractivity contribution is -0.146. The number of carbonyl (C=O) groups excluding carboxylic acids is 1. The van der Waals surface area contributed by atoms with Gasteiger partial charge in [0.1, 0.15) is 6.10 Å². The fourth-order valence-electron chi connectivity index (χ4n) is 2.01. The fourth-order valence-corrected chi connectivity index (χ4v) is 2.71. The summed E-state index contributed by atoms with van der Waals surface area (Å²) in [6.07, 6.45) is 0.519. The highest BCUT2D eigenvalue weighted by molar-refractivity contribution is 8.00. The van der Waals surface area contributed by atoms with Crippen molar-refractivity contribution in [2.45, 2.75) is 23.8 Å². The maximum absolute atomic E-state index is 12.0. The molecular weight excluding hydrogens is 294 g/mol. The Labute approximate surface area is 134 Å². The molecule has 2 aromatic rings. The molecule has 0 aliphatic rings. The van der Waals surface area contributed by atoms with Crippen molar-refractivity contribution in [3.63, 3.8) is 0 Å². The average molecular weight is 311 g/mol. The summed E-state index contributed by atoms with van der Waals surface area (Å²) in [5.41, 5.74) is 0.927. The summed E-state index contributed by atoms with van der Waals surface area (Å²) in [4.78, 5) is 13.1. The van der Waals surface area contributed by atoms with Crippen LogP contribution >= 0.6 is 11.8 Å². The van der Waals surface area contributed by atoms with Gasteiger partial charge in [0.15, 0.2) is 0 Å². The average Bonchev–Trinajstić information content (AvgIpc) is 2.58. The molecule has 22 heavy (non-hydrogen) atoms. The largest absolute Gasteiger partial charge is 0.457 e. The molecule has 0 fully saturated rings. The number of nitriles is 1. The van der Waals surface area contributed by atoms with E-state index in [1.165, 1.54) is 11.8 Å². The van der Waals surface area contributed by atoms with Crippen LogP contribution < -0.4 is 0 Å². The van der Waals surface area contributed by atoms with Gasteiger partial charge in [-0.05, 0) is 17.7 Å². The molecule has 2 aromatic carbocycles. The van der Waals surface area contributed by atoms with Gasteiger partial charge < -0.3 is 4.74 Å². The molecule has 0 saturated heterocycles.